The van der Waals surface area contributed by atoms with Crippen LogP contribution in [-0.4, -0.2) is 24.5 Å². The molecule has 8 heteroatoms. The van der Waals surface area contributed by atoms with Crippen LogP contribution in [0, 0.1) is 19.7 Å². The molecule has 0 atom stereocenters. The summed E-state index contributed by atoms with van der Waals surface area (Å²) in [6.45, 7) is 5.17. The van der Waals surface area contributed by atoms with Gasteiger partial charge in [0.05, 0.1) is 12.2 Å². The van der Waals surface area contributed by atoms with Crippen LogP contribution in [0.2, 0.25) is 0 Å². The molecular formula is C26H23FN2O4S. The summed E-state index contributed by atoms with van der Waals surface area (Å²) in [4.78, 5) is 25.3. The molecule has 1 N–H and O–H groups in total. The van der Waals surface area contributed by atoms with Crippen LogP contribution < -0.4 is 5.32 Å². The number of para-hydroxylation sites is 1. The van der Waals surface area contributed by atoms with E-state index in [-0.39, 0.29) is 28.3 Å². The minimum Gasteiger partial charge on any atom is -0.319 e. The first kappa shape index (κ1) is 23.4. The number of amides is 2. The van der Waals surface area contributed by atoms with E-state index in [9.17, 15) is 22.4 Å². The highest BCUT2D eigenvalue weighted by Crippen LogP contribution is 2.37. The number of rotatable bonds is 5. The first-order valence-electron chi connectivity index (χ1n) is 10.6. The monoisotopic (exact) mass is 478 g/mol. The summed E-state index contributed by atoms with van der Waals surface area (Å²) >= 11 is 0. The maximum Gasteiger partial charge on any atom is 0.268 e. The number of halogens is 1. The van der Waals surface area contributed by atoms with Gasteiger partial charge in [-0.05, 0) is 67.3 Å². The number of nitrogens with one attached hydrogen (secondary N) is 1. The van der Waals surface area contributed by atoms with E-state index >= 15 is 0 Å². The van der Waals surface area contributed by atoms with Gasteiger partial charge < -0.3 is 5.32 Å². The Kier molecular flexibility index (Phi) is 6.10. The number of benzene rings is 3. The maximum atomic E-state index is 13.8. The van der Waals surface area contributed by atoms with E-state index in [1.165, 1.54) is 37.3 Å². The minimum absolute atomic E-state index is 0.0153. The van der Waals surface area contributed by atoms with Crippen molar-refractivity contribution in [1.29, 1.82) is 0 Å². The van der Waals surface area contributed by atoms with Crippen molar-refractivity contribution >= 4 is 32.4 Å². The molecule has 0 unspecified atom stereocenters. The summed E-state index contributed by atoms with van der Waals surface area (Å²) in [6, 6.07) is 17.3. The lowest BCUT2D eigenvalue weighted by Gasteiger charge is -2.17. The van der Waals surface area contributed by atoms with Crippen molar-refractivity contribution in [2.24, 2.45) is 0 Å². The Hall–Kier alpha value is -3.78. The zero-order valence-corrected chi connectivity index (χ0v) is 19.7. The number of nitrogens with zero attached hydrogens (tertiary/aromatic N) is 1. The number of anilines is 1. The quantitative estimate of drug-likeness (QED) is 0.571. The summed E-state index contributed by atoms with van der Waals surface area (Å²) in [5.74, 6) is -1.63. The van der Waals surface area contributed by atoms with E-state index in [2.05, 4.69) is 5.32 Å². The highest BCUT2D eigenvalue weighted by Gasteiger charge is 2.42. The summed E-state index contributed by atoms with van der Waals surface area (Å²) in [7, 11) is -4.04. The fourth-order valence-electron chi connectivity index (χ4n) is 3.79. The highest BCUT2D eigenvalue weighted by atomic mass is 32.2. The third-order valence-electron chi connectivity index (χ3n) is 5.87. The maximum absolute atomic E-state index is 13.8. The molecule has 3 aromatic carbocycles. The number of hydrogen-bond donors (Lipinski definition) is 1. The SMILES string of the molecule is CC1=C(c2ccc(C)c(C)c2)S(=O)(=O)N(Cc2ccc(C(=O)Nc3ccccc3F)cc2)C1=O. The van der Waals surface area contributed by atoms with Gasteiger partial charge in [-0.3, -0.25) is 9.59 Å². The fourth-order valence-corrected chi connectivity index (χ4v) is 5.58. The smallest absolute Gasteiger partial charge is 0.268 e. The van der Waals surface area contributed by atoms with Crippen molar-refractivity contribution in [2.75, 3.05) is 5.32 Å². The summed E-state index contributed by atoms with van der Waals surface area (Å²) in [5.41, 5.74) is 3.48. The molecule has 1 aliphatic rings. The van der Waals surface area contributed by atoms with E-state index < -0.39 is 27.7 Å². The highest BCUT2D eigenvalue weighted by molar-refractivity contribution is 7.99. The normalized spacial score (nSPS) is 15.1. The van der Waals surface area contributed by atoms with Gasteiger partial charge in [0.25, 0.3) is 21.8 Å². The third kappa shape index (κ3) is 4.24. The van der Waals surface area contributed by atoms with Crippen molar-refractivity contribution in [3.05, 3.63) is 106 Å². The second-order valence-electron chi connectivity index (χ2n) is 8.20. The predicted octanol–water partition coefficient (Wildman–Crippen LogP) is 4.80. The fraction of sp³-hybridized carbons (Fsp3) is 0.154. The molecule has 0 fully saturated rings. The van der Waals surface area contributed by atoms with Crippen LogP contribution in [0.25, 0.3) is 4.91 Å². The molecule has 1 aliphatic heterocycles. The van der Waals surface area contributed by atoms with Crippen molar-refractivity contribution in [3.8, 4) is 0 Å². The molecule has 174 valence electrons. The Morgan fingerprint density at radius 3 is 2.26 bits per heavy atom. The summed E-state index contributed by atoms with van der Waals surface area (Å²) in [5, 5.41) is 2.50. The Bertz CT molecular complexity index is 1440. The molecule has 0 aromatic heterocycles. The number of carbonyl (C=O) groups excluding carboxylic acids is 2. The van der Waals surface area contributed by atoms with E-state index in [1.54, 1.807) is 30.3 Å². The van der Waals surface area contributed by atoms with Crippen LogP contribution in [-0.2, 0) is 21.4 Å². The Labute approximate surface area is 197 Å². The van der Waals surface area contributed by atoms with Gasteiger partial charge in [-0.2, -0.15) is 0 Å². The number of hydrogen-bond acceptors (Lipinski definition) is 4. The standard InChI is InChI=1S/C26H23FN2O4S/c1-16-8-11-21(14-17(16)2)24-18(3)26(31)29(34(24,32)33)15-19-9-12-20(13-10-19)25(30)28-23-7-5-4-6-22(23)27/h4-14H,15H2,1-3H3,(H,28,30). The van der Waals surface area contributed by atoms with Crippen molar-refractivity contribution in [3.63, 3.8) is 0 Å². The van der Waals surface area contributed by atoms with Crippen LogP contribution in [0.15, 0.2) is 72.3 Å². The molecule has 1 heterocycles. The van der Waals surface area contributed by atoms with E-state index in [1.807, 2.05) is 19.9 Å². The van der Waals surface area contributed by atoms with Crippen LogP contribution >= 0.6 is 0 Å². The van der Waals surface area contributed by atoms with Gasteiger partial charge in [0.15, 0.2) is 0 Å². The molecule has 0 bridgehead atoms. The van der Waals surface area contributed by atoms with Gasteiger partial charge in [0.2, 0.25) is 0 Å². The molecule has 2 amide bonds. The molecule has 34 heavy (non-hydrogen) atoms. The average molecular weight is 479 g/mol. The van der Waals surface area contributed by atoms with Crippen LogP contribution in [0.5, 0.6) is 0 Å². The predicted molar refractivity (Wildman–Crippen MR) is 129 cm³/mol. The van der Waals surface area contributed by atoms with Crippen LogP contribution in [0.3, 0.4) is 0 Å². The zero-order valence-electron chi connectivity index (χ0n) is 18.9. The second-order valence-corrected chi connectivity index (χ2v) is 10.0. The molecule has 4 rings (SSSR count). The van der Waals surface area contributed by atoms with Gasteiger partial charge in [-0.1, -0.05) is 42.5 Å². The topological polar surface area (TPSA) is 83.6 Å². The van der Waals surface area contributed by atoms with Gasteiger partial charge in [-0.15, -0.1) is 0 Å². The van der Waals surface area contributed by atoms with Gasteiger partial charge in [0, 0.05) is 11.1 Å². The minimum atomic E-state index is -4.04. The van der Waals surface area contributed by atoms with Gasteiger partial charge in [0.1, 0.15) is 10.7 Å². The first-order valence-corrected chi connectivity index (χ1v) is 12.0. The third-order valence-corrected chi connectivity index (χ3v) is 7.80. The Morgan fingerprint density at radius 1 is 0.941 bits per heavy atom. The van der Waals surface area contributed by atoms with Gasteiger partial charge in [-0.25, -0.2) is 17.1 Å². The van der Waals surface area contributed by atoms with Crippen LogP contribution in [0.4, 0.5) is 10.1 Å². The lowest BCUT2D eigenvalue weighted by molar-refractivity contribution is -0.122. The molecular weight excluding hydrogens is 455 g/mol. The molecule has 0 saturated carbocycles. The average Bonchev–Trinajstić information content (AvgIpc) is 2.97. The van der Waals surface area contributed by atoms with E-state index in [4.69, 9.17) is 0 Å². The van der Waals surface area contributed by atoms with Gasteiger partial charge >= 0.3 is 0 Å². The lowest BCUT2D eigenvalue weighted by Crippen LogP contribution is -2.30. The summed E-state index contributed by atoms with van der Waals surface area (Å²) < 4.78 is 41.2. The largest absolute Gasteiger partial charge is 0.319 e. The lowest BCUT2D eigenvalue weighted by atomic mass is 10.0. The number of aryl methyl sites for hydroxylation is 2. The number of carbonyl (C=O) groups is 2. The number of sulfonamides is 1. The summed E-state index contributed by atoms with van der Waals surface area (Å²) in [6.07, 6.45) is 0. The molecule has 0 aliphatic carbocycles. The molecule has 6 nitrogen and oxygen atoms in total. The molecule has 0 spiro atoms. The second kappa shape index (κ2) is 8.87. The van der Waals surface area contributed by atoms with E-state index in [0.29, 0.717) is 11.1 Å². The molecule has 3 aromatic rings. The van der Waals surface area contributed by atoms with Crippen LogP contribution in [0.1, 0.15) is 39.5 Å². The zero-order chi connectivity index (χ0) is 24.6. The Morgan fingerprint density at radius 2 is 1.62 bits per heavy atom. The van der Waals surface area contributed by atoms with Crippen molar-refractivity contribution in [2.45, 2.75) is 27.3 Å². The van der Waals surface area contributed by atoms with Crippen molar-refractivity contribution in [1.82, 2.24) is 4.31 Å². The van der Waals surface area contributed by atoms with E-state index in [0.717, 1.165) is 15.4 Å². The first-order chi connectivity index (χ1) is 16.1. The Balaban J connectivity index is 1.54. The van der Waals surface area contributed by atoms with Crippen molar-refractivity contribution < 1.29 is 22.4 Å². The molecule has 0 saturated heterocycles. The molecule has 0 radical (unpaired) electrons.